The second-order valence-corrected chi connectivity index (χ2v) is 5.01. The first-order valence-electron chi connectivity index (χ1n) is 6.94. The molecule has 0 aromatic carbocycles. The van der Waals surface area contributed by atoms with Gasteiger partial charge in [-0.3, -0.25) is 0 Å². The fourth-order valence-corrected chi connectivity index (χ4v) is 1.77. The Kier molecular flexibility index (Phi) is 5.29. The summed E-state index contributed by atoms with van der Waals surface area (Å²) >= 11 is 0. The van der Waals surface area contributed by atoms with Crippen molar-refractivity contribution in [2.75, 3.05) is 32.2 Å². The lowest BCUT2D eigenvalue weighted by Gasteiger charge is -2.08. The van der Waals surface area contributed by atoms with Crippen LogP contribution in [0.5, 0.6) is 0 Å². The van der Waals surface area contributed by atoms with Crippen LogP contribution in [0.2, 0.25) is 0 Å². The molecule has 0 spiro atoms. The first-order valence-corrected chi connectivity index (χ1v) is 6.94. The molecule has 1 aliphatic carbocycles. The topological polar surface area (TPSA) is 73.3 Å². The number of esters is 1. The zero-order valence-electron chi connectivity index (χ0n) is 12.0. The summed E-state index contributed by atoms with van der Waals surface area (Å²) in [5.41, 5.74) is 0.730. The number of nitrogens with one attached hydrogen (secondary N) is 1. The Morgan fingerprint density at radius 1 is 1.45 bits per heavy atom. The van der Waals surface area contributed by atoms with Gasteiger partial charge in [-0.25, -0.2) is 14.8 Å². The van der Waals surface area contributed by atoms with E-state index in [4.69, 9.17) is 4.74 Å². The standard InChI is InChI=1S/C14H21N3O3/c1-10-8-12(17-13(16-10)14(18)19-2)15-6-3-7-20-9-11-4-5-11/h8,11H,3-7,9H2,1-2H3,(H,15,16,17). The monoisotopic (exact) mass is 279 g/mol. The highest BCUT2D eigenvalue weighted by atomic mass is 16.5. The minimum absolute atomic E-state index is 0.0833. The van der Waals surface area contributed by atoms with Crippen molar-refractivity contribution in [1.29, 1.82) is 0 Å². The van der Waals surface area contributed by atoms with Gasteiger partial charge in [-0.15, -0.1) is 0 Å². The maximum absolute atomic E-state index is 11.4. The molecule has 0 amide bonds. The number of carbonyl (C=O) groups excluding carboxylic acids is 1. The summed E-state index contributed by atoms with van der Waals surface area (Å²) in [6.07, 6.45) is 3.53. The maximum atomic E-state index is 11.4. The van der Waals surface area contributed by atoms with Crippen molar-refractivity contribution in [3.8, 4) is 0 Å². The Morgan fingerprint density at radius 3 is 2.95 bits per heavy atom. The zero-order chi connectivity index (χ0) is 14.4. The molecule has 0 bridgehead atoms. The molecule has 0 aliphatic heterocycles. The van der Waals surface area contributed by atoms with E-state index in [0.717, 1.165) is 37.8 Å². The van der Waals surface area contributed by atoms with Crippen molar-refractivity contribution in [2.45, 2.75) is 26.2 Å². The SMILES string of the molecule is COC(=O)c1nc(C)cc(NCCCOCC2CC2)n1. The predicted molar refractivity (Wildman–Crippen MR) is 74.8 cm³/mol. The van der Waals surface area contributed by atoms with Crippen molar-refractivity contribution in [3.63, 3.8) is 0 Å². The first-order chi connectivity index (χ1) is 9.69. The Morgan fingerprint density at radius 2 is 2.25 bits per heavy atom. The highest BCUT2D eigenvalue weighted by molar-refractivity contribution is 5.85. The third-order valence-electron chi connectivity index (χ3n) is 3.04. The lowest BCUT2D eigenvalue weighted by atomic mass is 10.4. The molecular weight excluding hydrogens is 258 g/mol. The molecule has 1 aliphatic rings. The van der Waals surface area contributed by atoms with Crippen LogP contribution in [-0.4, -0.2) is 42.8 Å². The summed E-state index contributed by atoms with van der Waals surface area (Å²) in [4.78, 5) is 19.6. The van der Waals surface area contributed by atoms with Crippen molar-refractivity contribution in [1.82, 2.24) is 9.97 Å². The number of hydrogen-bond donors (Lipinski definition) is 1. The summed E-state index contributed by atoms with van der Waals surface area (Å²) in [5, 5.41) is 3.17. The first kappa shape index (κ1) is 14.7. The second kappa shape index (κ2) is 7.19. The Labute approximate surface area is 118 Å². The van der Waals surface area contributed by atoms with Gasteiger partial charge in [0.2, 0.25) is 5.82 Å². The van der Waals surface area contributed by atoms with Crippen molar-refractivity contribution in [3.05, 3.63) is 17.6 Å². The second-order valence-electron chi connectivity index (χ2n) is 5.01. The summed E-state index contributed by atoms with van der Waals surface area (Å²) in [6.45, 7) is 4.20. The molecule has 0 radical (unpaired) electrons. The number of anilines is 1. The number of aryl methyl sites for hydroxylation is 1. The highest BCUT2D eigenvalue weighted by Crippen LogP contribution is 2.28. The molecule has 1 aromatic heterocycles. The van der Waals surface area contributed by atoms with Gasteiger partial charge in [-0.1, -0.05) is 0 Å². The summed E-state index contributed by atoms with van der Waals surface area (Å²) in [6, 6.07) is 1.80. The molecule has 0 atom stereocenters. The Hall–Kier alpha value is -1.69. The van der Waals surface area contributed by atoms with Crippen molar-refractivity contribution < 1.29 is 14.3 Å². The van der Waals surface area contributed by atoms with Gasteiger partial charge in [0, 0.05) is 31.5 Å². The molecule has 110 valence electrons. The third kappa shape index (κ3) is 4.77. The van der Waals surface area contributed by atoms with Gasteiger partial charge in [0.15, 0.2) is 0 Å². The average molecular weight is 279 g/mol. The minimum atomic E-state index is -0.524. The largest absolute Gasteiger partial charge is 0.463 e. The molecule has 1 fully saturated rings. The van der Waals surface area contributed by atoms with E-state index in [2.05, 4.69) is 20.0 Å². The van der Waals surface area contributed by atoms with Crippen LogP contribution in [0, 0.1) is 12.8 Å². The summed E-state index contributed by atoms with van der Waals surface area (Å²) < 4.78 is 10.2. The van der Waals surface area contributed by atoms with E-state index < -0.39 is 5.97 Å². The van der Waals surface area contributed by atoms with Gasteiger partial charge in [-0.05, 0) is 32.1 Å². The van der Waals surface area contributed by atoms with Crippen LogP contribution >= 0.6 is 0 Å². The van der Waals surface area contributed by atoms with E-state index in [0.29, 0.717) is 5.82 Å². The molecule has 6 nitrogen and oxygen atoms in total. The van der Waals surface area contributed by atoms with E-state index >= 15 is 0 Å². The van der Waals surface area contributed by atoms with E-state index in [1.807, 2.05) is 6.92 Å². The number of nitrogens with zero attached hydrogens (tertiary/aromatic N) is 2. The molecule has 1 heterocycles. The third-order valence-corrected chi connectivity index (χ3v) is 3.04. The Balaban J connectivity index is 1.73. The van der Waals surface area contributed by atoms with Gasteiger partial charge >= 0.3 is 5.97 Å². The fraction of sp³-hybridized carbons (Fsp3) is 0.643. The van der Waals surface area contributed by atoms with Gasteiger partial charge in [-0.2, -0.15) is 0 Å². The van der Waals surface area contributed by atoms with Crippen LogP contribution in [-0.2, 0) is 9.47 Å². The van der Waals surface area contributed by atoms with E-state index in [1.54, 1.807) is 6.07 Å². The smallest absolute Gasteiger partial charge is 0.376 e. The molecule has 20 heavy (non-hydrogen) atoms. The summed E-state index contributed by atoms with van der Waals surface area (Å²) in [7, 11) is 1.32. The molecule has 2 rings (SSSR count). The fourth-order valence-electron chi connectivity index (χ4n) is 1.77. The van der Waals surface area contributed by atoms with Crippen molar-refractivity contribution in [2.24, 2.45) is 5.92 Å². The number of carbonyl (C=O) groups is 1. The van der Waals surface area contributed by atoms with Crippen LogP contribution in [0.3, 0.4) is 0 Å². The molecule has 0 unspecified atom stereocenters. The van der Waals surface area contributed by atoms with Gasteiger partial charge in [0.05, 0.1) is 7.11 Å². The number of rotatable bonds is 8. The highest BCUT2D eigenvalue weighted by Gasteiger charge is 2.20. The predicted octanol–water partition coefficient (Wildman–Crippen LogP) is 1.80. The molecule has 1 saturated carbocycles. The molecule has 1 aromatic rings. The Bertz CT molecular complexity index is 461. The molecular formula is C14H21N3O3. The van der Waals surface area contributed by atoms with Gasteiger partial charge in [0.25, 0.3) is 0 Å². The van der Waals surface area contributed by atoms with Gasteiger partial charge < -0.3 is 14.8 Å². The van der Waals surface area contributed by atoms with Crippen LogP contribution < -0.4 is 5.32 Å². The lowest BCUT2D eigenvalue weighted by Crippen LogP contribution is -2.13. The van der Waals surface area contributed by atoms with Crippen LogP contribution in [0.1, 0.15) is 35.6 Å². The number of hydrogen-bond acceptors (Lipinski definition) is 6. The van der Waals surface area contributed by atoms with Crippen LogP contribution in [0.15, 0.2) is 6.07 Å². The average Bonchev–Trinajstić information content (AvgIpc) is 3.25. The van der Waals surface area contributed by atoms with E-state index in [1.165, 1.54) is 20.0 Å². The zero-order valence-corrected chi connectivity index (χ0v) is 12.0. The number of aromatic nitrogens is 2. The minimum Gasteiger partial charge on any atom is -0.463 e. The van der Waals surface area contributed by atoms with Gasteiger partial charge in [0.1, 0.15) is 5.82 Å². The van der Waals surface area contributed by atoms with Crippen LogP contribution in [0.4, 0.5) is 5.82 Å². The molecule has 1 N–H and O–H groups in total. The summed E-state index contributed by atoms with van der Waals surface area (Å²) in [5.74, 6) is 1.000. The maximum Gasteiger partial charge on any atom is 0.376 e. The molecule has 6 heteroatoms. The molecule has 0 saturated heterocycles. The van der Waals surface area contributed by atoms with Crippen molar-refractivity contribution >= 4 is 11.8 Å². The normalized spacial score (nSPS) is 14.1. The number of ether oxygens (including phenoxy) is 2. The number of methoxy groups -OCH3 is 1. The van der Waals surface area contributed by atoms with Crippen LogP contribution in [0.25, 0.3) is 0 Å². The van der Waals surface area contributed by atoms with E-state index in [-0.39, 0.29) is 5.82 Å². The van der Waals surface area contributed by atoms with E-state index in [9.17, 15) is 4.79 Å². The lowest BCUT2D eigenvalue weighted by molar-refractivity contribution is 0.0586. The quantitative estimate of drug-likeness (QED) is 0.578.